The van der Waals surface area contributed by atoms with Gasteiger partial charge in [0, 0.05) is 6.42 Å². The summed E-state index contributed by atoms with van der Waals surface area (Å²) in [7, 11) is -4.46. The maximum Gasteiger partial charge on any atom is 0.416 e. The molecule has 2 aromatic rings. The Hall–Kier alpha value is -3.08. The first-order valence-corrected chi connectivity index (χ1v) is 11.8. The van der Waals surface area contributed by atoms with Crippen LogP contribution in [0, 0.1) is 0 Å². The molecule has 0 amide bonds. The van der Waals surface area contributed by atoms with Crippen LogP contribution in [0.1, 0.15) is 38.3 Å². The van der Waals surface area contributed by atoms with Gasteiger partial charge in [-0.05, 0) is 56.7 Å². The fourth-order valence-electron chi connectivity index (χ4n) is 3.43. The molecule has 3 rings (SSSR count). The van der Waals surface area contributed by atoms with Crippen molar-refractivity contribution in [3.8, 4) is 5.75 Å². The summed E-state index contributed by atoms with van der Waals surface area (Å²) >= 11 is 0. The van der Waals surface area contributed by atoms with E-state index in [1.165, 1.54) is 12.1 Å². The monoisotopic (exact) mass is 499 g/mol. The average Bonchev–Trinajstić information content (AvgIpc) is 2.71. The Morgan fingerprint density at radius 3 is 2.50 bits per heavy atom. The largest absolute Gasteiger partial charge is 0.486 e. The van der Waals surface area contributed by atoms with E-state index in [1.807, 2.05) is 0 Å². The Balaban J connectivity index is 2.03. The molecule has 0 saturated carbocycles. The maximum atomic E-state index is 13.4. The number of benzene rings is 2. The van der Waals surface area contributed by atoms with Gasteiger partial charge >= 0.3 is 12.1 Å². The van der Waals surface area contributed by atoms with Crippen molar-refractivity contribution in [3.63, 3.8) is 0 Å². The quantitative estimate of drug-likeness (QED) is 0.439. The zero-order chi connectivity index (χ0) is 25.3. The molecule has 1 heterocycles. The lowest BCUT2D eigenvalue weighted by molar-refractivity contribution is -0.154. The average molecular weight is 500 g/mol. The van der Waals surface area contributed by atoms with Gasteiger partial charge in [0.05, 0.1) is 29.1 Å². The number of rotatable bonds is 6. The number of carbonyl (C=O) groups is 2. The predicted octanol–water partition coefficient (Wildman–Crippen LogP) is 4.13. The molecule has 1 unspecified atom stereocenters. The zero-order valence-corrected chi connectivity index (χ0v) is 19.6. The molecule has 7 nitrogen and oxygen atoms in total. The van der Waals surface area contributed by atoms with Gasteiger partial charge < -0.3 is 14.3 Å². The number of sulfonamides is 1. The highest BCUT2D eigenvalue weighted by molar-refractivity contribution is 7.92. The van der Waals surface area contributed by atoms with Crippen LogP contribution in [0.25, 0.3) is 0 Å². The number of alkyl halides is 3. The van der Waals surface area contributed by atoms with Crippen molar-refractivity contribution in [2.75, 3.05) is 10.8 Å². The minimum absolute atomic E-state index is 0.0561. The number of carbonyl (C=O) groups excluding carboxylic acids is 2. The summed E-state index contributed by atoms with van der Waals surface area (Å²) in [5.74, 6) is -0.406. The van der Waals surface area contributed by atoms with Gasteiger partial charge in [0.25, 0.3) is 10.0 Å². The Kier molecular flexibility index (Phi) is 6.97. The minimum Gasteiger partial charge on any atom is -0.486 e. The Morgan fingerprint density at radius 1 is 1.18 bits per heavy atom. The van der Waals surface area contributed by atoms with E-state index >= 15 is 0 Å². The van der Waals surface area contributed by atoms with E-state index in [0.29, 0.717) is 17.9 Å². The van der Waals surface area contributed by atoms with E-state index in [0.717, 1.165) is 22.5 Å². The second-order valence-corrected chi connectivity index (χ2v) is 10.6. The molecular weight excluding hydrogens is 475 g/mol. The number of halogens is 3. The number of hydrogen-bond donors (Lipinski definition) is 0. The molecule has 0 N–H and O–H groups in total. The molecule has 1 atom stereocenters. The highest BCUT2D eigenvalue weighted by Crippen LogP contribution is 2.39. The first-order chi connectivity index (χ1) is 15.7. The molecule has 0 fully saturated rings. The molecule has 0 spiro atoms. The van der Waals surface area contributed by atoms with Crippen LogP contribution in [-0.2, 0) is 36.9 Å². The van der Waals surface area contributed by atoms with Gasteiger partial charge in [-0.2, -0.15) is 13.2 Å². The zero-order valence-electron chi connectivity index (χ0n) is 18.8. The van der Waals surface area contributed by atoms with Crippen molar-refractivity contribution in [2.24, 2.45) is 0 Å². The maximum absolute atomic E-state index is 13.4. The summed E-state index contributed by atoms with van der Waals surface area (Å²) in [6, 6.07) is 7.85. The number of esters is 1. The summed E-state index contributed by atoms with van der Waals surface area (Å²) in [5, 5.41) is 0. The van der Waals surface area contributed by atoms with Gasteiger partial charge in [0.15, 0.2) is 0 Å². The molecule has 0 radical (unpaired) electrons. The first-order valence-electron chi connectivity index (χ1n) is 10.4. The highest BCUT2D eigenvalue weighted by Gasteiger charge is 2.37. The molecule has 0 saturated heterocycles. The number of fused-ring (bicyclic) bond motifs is 1. The highest BCUT2D eigenvalue weighted by atomic mass is 32.2. The first kappa shape index (κ1) is 25.5. The van der Waals surface area contributed by atoms with E-state index in [1.54, 1.807) is 26.8 Å². The topological polar surface area (TPSA) is 90.0 Å². The van der Waals surface area contributed by atoms with Crippen molar-refractivity contribution in [3.05, 3.63) is 53.6 Å². The lowest BCUT2D eigenvalue weighted by Gasteiger charge is -2.35. The lowest BCUT2D eigenvalue weighted by atomic mass is 10.1. The van der Waals surface area contributed by atoms with Crippen molar-refractivity contribution in [2.45, 2.75) is 56.4 Å². The van der Waals surface area contributed by atoms with E-state index in [4.69, 9.17) is 9.47 Å². The molecule has 1 aliphatic heterocycles. The van der Waals surface area contributed by atoms with Gasteiger partial charge in [-0.15, -0.1) is 0 Å². The molecule has 34 heavy (non-hydrogen) atoms. The van der Waals surface area contributed by atoms with Crippen molar-refractivity contribution in [1.29, 1.82) is 0 Å². The van der Waals surface area contributed by atoms with Crippen LogP contribution in [-0.4, -0.2) is 38.9 Å². The van der Waals surface area contributed by atoms with Gasteiger partial charge in [0.1, 0.15) is 23.7 Å². The summed E-state index contributed by atoms with van der Waals surface area (Å²) in [5.41, 5.74) is -1.34. The summed E-state index contributed by atoms with van der Waals surface area (Å²) in [6.07, 6.45) is -5.26. The Labute approximate surface area is 195 Å². The standard InChI is InChI=1S/C23H24F3NO6S/c1-22(2,3)33-21(29)12-15-7-8-20-19(11-15)27(14-17(32-20)9-10-28)34(30,31)18-6-4-5-16(13-18)23(24,25)26/h4-8,10-11,13,17H,9,12,14H2,1-3H3. The molecule has 2 aromatic carbocycles. The molecule has 11 heteroatoms. The van der Waals surface area contributed by atoms with Crippen LogP contribution in [0.4, 0.5) is 18.9 Å². The van der Waals surface area contributed by atoms with Crippen LogP contribution in [0.15, 0.2) is 47.4 Å². The molecule has 0 aliphatic carbocycles. The number of aldehydes is 1. The van der Waals surface area contributed by atoms with Crippen molar-refractivity contribution < 1.29 is 40.7 Å². The van der Waals surface area contributed by atoms with E-state index < -0.39 is 44.3 Å². The summed E-state index contributed by atoms with van der Waals surface area (Å²) in [6.45, 7) is 4.84. The second kappa shape index (κ2) is 9.28. The molecule has 0 aromatic heterocycles. The van der Waals surface area contributed by atoms with Crippen LogP contribution in [0.3, 0.4) is 0 Å². The van der Waals surface area contributed by atoms with Gasteiger partial charge in [-0.3, -0.25) is 9.10 Å². The Morgan fingerprint density at radius 2 is 1.88 bits per heavy atom. The fourth-order valence-corrected chi connectivity index (χ4v) is 4.97. The van der Waals surface area contributed by atoms with E-state index in [-0.39, 0.29) is 30.8 Å². The molecule has 184 valence electrons. The smallest absolute Gasteiger partial charge is 0.416 e. The Bertz CT molecular complexity index is 1190. The fraction of sp³-hybridized carbons (Fsp3) is 0.391. The van der Waals surface area contributed by atoms with Crippen LogP contribution in [0.2, 0.25) is 0 Å². The summed E-state index contributed by atoms with van der Waals surface area (Å²) < 4.78 is 78.3. The number of anilines is 1. The predicted molar refractivity (Wildman–Crippen MR) is 117 cm³/mol. The SMILES string of the molecule is CC(C)(C)OC(=O)Cc1ccc2c(c1)N(S(=O)(=O)c1cccc(C(F)(F)F)c1)CC(CC=O)O2. The number of ether oxygens (including phenoxy) is 2. The van der Waals surface area contributed by atoms with Crippen molar-refractivity contribution in [1.82, 2.24) is 0 Å². The van der Waals surface area contributed by atoms with E-state index in [9.17, 15) is 31.2 Å². The third kappa shape index (κ3) is 5.88. The molecule has 0 bridgehead atoms. The third-order valence-electron chi connectivity index (χ3n) is 4.83. The van der Waals surface area contributed by atoms with E-state index in [2.05, 4.69) is 0 Å². The lowest BCUT2D eigenvalue weighted by Crippen LogP contribution is -2.43. The van der Waals surface area contributed by atoms with Crippen LogP contribution >= 0.6 is 0 Å². The van der Waals surface area contributed by atoms with Crippen LogP contribution in [0.5, 0.6) is 5.75 Å². The normalized spacial score (nSPS) is 16.4. The third-order valence-corrected chi connectivity index (χ3v) is 6.61. The summed E-state index contributed by atoms with van der Waals surface area (Å²) in [4.78, 5) is 22.7. The van der Waals surface area contributed by atoms with Crippen LogP contribution < -0.4 is 9.04 Å². The number of nitrogens with zero attached hydrogens (tertiary/aromatic N) is 1. The van der Waals surface area contributed by atoms with Crippen molar-refractivity contribution >= 4 is 28.0 Å². The number of hydrogen-bond acceptors (Lipinski definition) is 6. The van der Waals surface area contributed by atoms with Gasteiger partial charge in [0.2, 0.25) is 0 Å². The van der Waals surface area contributed by atoms with Gasteiger partial charge in [-0.1, -0.05) is 12.1 Å². The van der Waals surface area contributed by atoms with Gasteiger partial charge in [-0.25, -0.2) is 8.42 Å². The minimum atomic E-state index is -4.73. The molecule has 1 aliphatic rings. The molecular formula is C23H24F3NO6S. The second-order valence-electron chi connectivity index (χ2n) is 8.77.